The van der Waals surface area contributed by atoms with Crippen LogP contribution in [0.15, 0.2) is 24.3 Å². The van der Waals surface area contributed by atoms with E-state index in [0.717, 1.165) is 0 Å². The maximum Gasteiger partial charge on any atom is 0.307 e. The normalized spacial score (nSPS) is 10.3. The fourth-order valence-electron chi connectivity index (χ4n) is 1.45. The number of nitrogens with zero attached hydrogens (tertiary/aromatic N) is 2. The highest BCUT2D eigenvalue weighted by atomic mass is 19.1. The molecule has 2 aromatic rings. The Labute approximate surface area is 112 Å². The van der Waals surface area contributed by atoms with Crippen molar-refractivity contribution in [2.75, 3.05) is 5.73 Å². The Morgan fingerprint density at radius 3 is 2.60 bits per heavy atom. The summed E-state index contributed by atoms with van der Waals surface area (Å²) < 4.78 is 32.1. The number of nitro benzene ring substituents is 1. The maximum atomic E-state index is 13.6. The molecular formula is C12H9F2N3O3. The summed E-state index contributed by atoms with van der Waals surface area (Å²) in [4.78, 5) is 13.4. The van der Waals surface area contributed by atoms with E-state index in [1.165, 1.54) is 12.1 Å². The lowest BCUT2D eigenvalue weighted by molar-refractivity contribution is -0.387. The van der Waals surface area contributed by atoms with Crippen LogP contribution in [-0.2, 0) is 0 Å². The summed E-state index contributed by atoms with van der Waals surface area (Å²) in [6.07, 6.45) is 0. The number of hydrogen-bond acceptors (Lipinski definition) is 5. The smallest absolute Gasteiger partial charge is 0.307 e. The molecule has 0 radical (unpaired) electrons. The van der Waals surface area contributed by atoms with Crippen LogP contribution in [0.4, 0.5) is 20.2 Å². The van der Waals surface area contributed by atoms with Crippen LogP contribution in [0, 0.1) is 28.7 Å². The topological polar surface area (TPSA) is 91.3 Å². The van der Waals surface area contributed by atoms with Crippen LogP contribution in [-0.4, -0.2) is 9.91 Å². The molecular weight excluding hydrogens is 272 g/mol. The van der Waals surface area contributed by atoms with Gasteiger partial charge in [0.25, 0.3) is 0 Å². The highest BCUT2D eigenvalue weighted by molar-refractivity contribution is 5.45. The van der Waals surface area contributed by atoms with Gasteiger partial charge in [0, 0.05) is 12.1 Å². The zero-order valence-corrected chi connectivity index (χ0v) is 10.3. The van der Waals surface area contributed by atoms with Crippen LogP contribution in [0.1, 0.15) is 5.69 Å². The molecule has 0 bridgehead atoms. The molecule has 0 aliphatic heterocycles. The number of anilines is 1. The maximum absolute atomic E-state index is 13.6. The fourth-order valence-corrected chi connectivity index (χ4v) is 1.45. The van der Waals surface area contributed by atoms with E-state index >= 15 is 0 Å². The van der Waals surface area contributed by atoms with E-state index in [2.05, 4.69) is 4.98 Å². The van der Waals surface area contributed by atoms with Gasteiger partial charge in [0.05, 0.1) is 22.4 Å². The highest BCUT2D eigenvalue weighted by Gasteiger charge is 2.20. The van der Waals surface area contributed by atoms with Crippen LogP contribution >= 0.6 is 0 Å². The van der Waals surface area contributed by atoms with Crippen molar-refractivity contribution in [2.45, 2.75) is 6.92 Å². The minimum atomic E-state index is -1.20. The third-order valence-corrected chi connectivity index (χ3v) is 2.51. The van der Waals surface area contributed by atoms with E-state index in [1.54, 1.807) is 6.92 Å². The predicted molar refractivity (Wildman–Crippen MR) is 66.5 cm³/mol. The van der Waals surface area contributed by atoms with E-state index in [0.29, 0.717) is 23.5 Å². The first-order chi connectivity index (χ1) is 9.38. The van der Waals surface area contributed by atoms with E-state index in [1.807, 2.05) is 0 Å². The van der Waals surface area contributed by atoms with Crippen molar-refractivity contribution in [1.29, 1.82) is 0 Å². The lowest BCUT2D eigenvalue weighted by atomic mass is 10.3. The first kappa shape index (κ1) is 13.7. The van der Waals surface area contributed by atoms with E-state index in [9.17, 15) is 18.9 Å². The number of ether oxygens (including phenoxy) is 1. The molecule has 0 amide bonds. The number of nitrogens with two attached hydrogens (primary N) is 1. The molecule has 8 heteroatoms. The summed E-state index contributed by atoms with van der Waals surface area (Å²) >= 11 is 0. The standard InChI is InChI=1S/C12H9F2N3O3/c1-6-9(15)2-3-12(16-6)20-11-5-7(13)10(17(18)19)4-8(11)14/h2-5H,15H2,1H3. The van der Waals surface area contributed by atoms with Gasteiger partial charge in [0.15, 0.2) is 11.6 Å². The van der Waals surface area contributed by atoms with Crippen molar-refractivity contribution in [3.63, 3.8) is 0 Å². The fraction of sp³-hybridized carbons (Fsp3) is 0.0833. The molecule has 1 aromatic heterocycles. The van der Waals surface area contributed by atoms with Crippen molar-refractivity contribution < 1.29 is 18.4 Å². The number of hydrogen-bond donors (Lipinski definition) is 1. The minimum Gasteiger partial charge on any atom is -0.436 e. The lowest BCUT2D eigenvalue weighted by Crippen LogP contribution is -1.99. The molecule has 2 N–H and O–H groups in total. The van der Waals surface area contributed by atoms with Gasteiger partial charge in [-0.05, 0) is 13.0 Å². The Bertz CT molecular complexity index is 692. The molecule has 0 spiro atoms. The van der Waals surface area contributed by atoms with Crippen molar-refractivity contribution in [1.82, 2.24) is 4.98 Å². The van der Waals surface area contributed by atoms with Crippen molar-refractivity contribution in [2.24, 2.45) is 0 Å². The Hall–Kier alpha value is -2.77. The average Bonchev–Trinajstić information content (AvgIpc) is 2.37. The molecule has 0 fully saturated rings. The van der Waals surface area contributed by atoms with Crippen LogP contribution in [0.25, 0.3) is 0 Å². The van der Waals surface area contributed by atoms with Gasteiger partial charge in [-0.25, -0.2) is 9.37 Å². The Morgan fingerprint density at radius 1 is 1.30 bits per heavy atom. The summed E-state index contributed by atoms with van der Waals surface area (Å²) in [5.74, 6) is -2.75. The largest absolute Gasteiger partial charge is 0.436 e. The number of halogens is 2. The number of aromatic nitrogens is 1. The van der Waals surface area contributed by atoms with Crippen LogP contribution in [0.2, 0.25) is 0 Å². The van der Waals surface area contributed by atoms with E-state index in [-0.39, 0.29) is 5.88 Å². The molecule has 0 saturated heterocycles. The number of pyridine rings is 1. The number of nitro groups is 1. The second-order valence-corrected chi connectivity index (χ2v) is 3.92. The number of nitrogen functional groups attached to an aromatic ring is 1. The summed E-state index contributed by atoms with van der Waals surface area (Å²) in [7, 11) is 0. The molecule has 6 nitrogen and oxygen atoms in total. The molecule has 20 heavy (non-hydrogen) atoms. The molecule has 0 saturated carbocycles. The second-order valence-electron chi connectivity index (χ2n) is 3.92. The molecule has 0 aliphatic rings. The van der Waals surface area contributed by atoms with E-state index < -0.39 is 28.0 Å². The van der Waals surface area contributed by atoms with Gasteiger partial charge in [-0.3, -0.25) is 10.1 Å². The molecule has 2 rings (SSSR count). The van der Waals surface area contributed by atoms with Crippen LogP contribution in [0.5, 0.6) is 11.6 Å². The van der Waals surface area contributed by atoms with Gasteiger partial charge in [-0.2, -0.15) is 4.39 Å². The number of aryl methyl sites for hydroxylation is 1. The van der Waals surface area contributed by atoms with Crippen LogP contribution < -0.4 is 10.5 Å². The highest BCUT2D eigenvalue weighted by Crippen LogP contribution is 2.29. The van der Waals surface area contributed by atoms with Crippen molar-refractivity contribution in [3.8, 4) is 11.6 Å². The molecule has 1 heterocycles. The second kappa shape index (κ2) is 5.08. The zero-order chi connectivity index (χ0) is 14.9. The Morgan fingerprint density at radius 2 is 2.00 bits per heavy atom. The summed E-state index contributed by atoms with van der Waals surface area (Å²) in [5.41, 5.74) is 5.49. The van der Waals surface area contributed by atoms with Crippen LogP contribution in [0.3, 0.4) is 0 Å². The third kappa shape index (κ3) is 2.63. The van der Waals surface area contributed by atoms with Crippen molar-refractivity contribution >= 4 is 11.4 Å². The van der Waals surface area contributed by atoms with Gasteiger partial charge < -0.3 is 10.5 Å². The quantitative estimate of drug-likeness (QED) is 0.689. The average molecular weight is 281 g/mol. The van der Waals surface area contributed by atoms with E-state index in [4.69, 9.17) is 10.5 Å². The monoisotopic (exact) mass is 281 g/mol. The zero-order valence-electron chi connectivity index (χ0n) is 10.3. The first-order valence-electron chi connectivity index (χ1n) is 5.43. The van der Waals surface area contributed by atoms with Gasteiger partial charge in [-0.15, -0.1) is 0 Å². The third-order valence-electron chi connectivity index (χ3n) is 2.51. The van der Waals surface area contributed by atoms with Gasteiger partial charge in [-0.1, -0.05) is 0 Å². The first-order valence-corrected chi connectivity index (χ1v) is 5.43. The molecule has 0 atom stereocenters. The summed E-state index contributed by atoms with van der Waals surface area (Å²) in [6, 6.07) is 3.92. The molecule has 104 valence electrons. The predicted octanol–water partition coefficient (Wildman–Crippen LogP) is 2.95. The molecule has 1 aromatic carbocycles. The van der Waals surface area contributed by atoms with Gasteiger partial charge >= 0.3 is 5.69 Å². The number of rotatable bonds is 3. The summed E-state index contributed by atoms with van der Waals surface area (Å²) in [5, 5.41) is 10.5. The lowest BCUT2D eigenvalue weighted by Gasteiger charge is -2.07. The minimum absolute atomic E-state index is 0.00357. The Balaban J connectivity index is 2.36. The van der Waals surface area contributed by atoms with Gasteiger partial charge in [0.1, 0.15) is 0 Å². The van der Waals surface area contributed by atoms with Gasteiger partial charge in [0.2, 0.25) is 11.7 Å². The SMILES string of the molecule is Cc1nc(Oc2cc(F)c([N+](=O)[O-])cc2F)ccc1N. The summed E-state index contributed by atoms with van der Waals surface area (Å²) in [6.45, 7) is 1.62. The van der Waals surface area contributed by atoms with Crippen molar-refractivity contribution in [3.05, 3.63) is 51.7 Å². The molecule has 0 aliphatic carbocycles. The number of benzene rings is 1. The molecule has 0 unspecified atom stereocenters. The Kier molecular flexibility index (Phi) is 3.47.